The van der Waals surface area contributed by atoms with Crippen LogP contribution in [0.5, 0.6) is 0 Å². The molecule has 21 heavy (non-hydrogen) atoms. The quantitative estimate of drug-likeness (QED) is 0.880. The average molecular weight is 286 g/mol. The van der Waals surface area contributed by atoms with Crippen LogP contribution >= 0.6 is 0 Å². The third-order valence-electron chi connectivity index (χ3n) is 3.19. The number of rotatable bonds is 5. The summed E-state index contributed by atoms with van der Waals surface area (Å²) in [7, 11) is 1.87. The smallest absolute Gasteiger partial charge is 0.135 e. The molecule has 0 fully saturated rings. The lowest BCUT2D eigenvalue weighted by atomic mass is 10.2. The molecule has 112 valence electrons. The molecule has 0 bridgehead atoms. The first kappa shape index (κ1) is 15.2. The summed E-state index contributed by atoms with van der Waals surface area (Å²) in [5.41, 5.74) is 1.95. The molecule has 0 aliphatic carbocycles. The summed E-state index contributed by atoms with van der Waals surface area (Å²) in [4.78, 5) is 17.6. The second kappa shape index (κ2) is 6.47. The van der Waals surface area contributed by atoms with Crippen molar-refractivity contribution in [1.82, 2.24) is 19.9 Å². The van der Waals surface area contributed by atoms with Crippen LogP contribution in [0.4, 0.5) is 11.6 Å². The lowest BCUT2D eigenvalue weighted by Crippen LogP contribution is -2.11. The summed E-state index contributed by atoms with van der Waals surface area (Å²) in [6, 6.07) is 1.90. The lowest BCUT2D eigenvalue weighted by Gasteiger charge is -2.15. The number of hydrogen-bond acceptors (Lipinski definition) is 6. The van der Waals surface area contributed by atoms with Gasteiger partial charge < -0.3 is 10.6 Å². The molecular weight excluding hydrogens is 264 g/mol. The molecule has 0 atom stereocenters. The van der Waals surface area contributed by atoms with E-state index in [4.69, 9.17) is 0 Å². The zero-order valence-electron chi connectivity index (χ0n) is 13.2. The van der Waals surface area contributed by atoms with Crippen molar-refractivity contribution < 1.29 is 0 Å². The first-order valence-electron chi connectivity index (χ1n) is 7.10. The van der Waals surface area contributed by atoms with Crippen molar-refractivity contribution in [3.05, 3.63) is 35.2 Å². The Hall–Kier alpha value is -2.24. The van der Waals surface area contributed by atoms with Gasteiger partial charge in [0.1, 0.15) is 23.3 Å². The van der Waals surface area contributed by atoms with Gasteiger partial charge in [-0.2, -0.15) is 0 Å². The minimum absolute atomic E-state index is 0.277. The highest BCUT2D eigenvalue weighted by atomic mass is 15.1. The molecule has 2 N–H and O–H groups in total. The first-order valence-corrected chi connectivity index (χ1v) is 7.10. The summed E-state index contributed by atoms with van der Waals surface area (Å²) in [6.45, 7) is 8.67. The number of nitrogens with one attached hydrogen (secondary N) is 2. The highest BCUT2D eigenvalue weighted by molar-refractivity contribution is 5.57. The van der Waals surface area contributed by atoms with Crippen molar-refractivity contribution in [2.75, 3.05) is 17.7 Å². The van der Waals surface area contributed by atoms with E-state index in [2.05, 4.69) is 44.4 Å². The molecule has 0 amide bonds. The monoisotopic (exact) mass is 286 g/mol. The van der Waals surface area contributed by atoms with Crippen molar-refractivity contribution in [1.29, 1.82) is 0 Å². The van der Waals surface area contributed by atoms with E-state index in [1.807, 2.05) is 27.0 Å². The molecular formula is C15H22N6. The van der Waals surface area contributed by atoms with Gasteiger partial charge >= 0.3 is 0 Å². The SMILES string of the molecule is CNc1nc(C(C)C)nc(NCc2ccnc(C)n2)c1C. The van der Waals surface area contributed by atoms with E-state index in [0.29, 0.717) is 6.54 Å². The van der Waals surface area contributed by atoms with Gasteiger partial charge in [0.2, 0.25) is 0 Å². The van der Waals surface area contributed by atoms with Gasteiger partial charge in [-0.1, -0.05) is 13.8 Å². The third kappa shape index (κ3) is 3.65. The lowest BCUT2D eigenvalue weighted by molar-refractivity contribution is 0.772. The van der Waals surface area contributed by atoms with E-state index >= 15 is 0 Å². The van der Waals surface area contributed by atoms with Gasteiger partial charge in [0.15, 0.2) is 0 Å². The van der Waals surface area contributed by atoms with Gasteiger partial charge in [-0.3, -0.25) is 0 Å². The van der Waals surface area contributed by atoms with E-state index in [0.717, 1.165) is 34.5 Å². The molecule has 0 radical (unpaired) electrons. The van der Waals surface area contributed by atoms with Crippen LogP contribution < -0.4 is 10.6 Å². The molecule has 0 saturated carbocycles. The Kier molecular flexibility index (Phi) is 4.67. The number of nitrogens with zero attached hydrogens (tertiary/aromatic N) is 4. The van der Waals surface area contributed by atoms with Crippen molar-refractivity contribution in [3.63, 3.8) is 0 Å². The van der Waals surface area contributed by atoms with Crippen LogP contribution in [0.15, 0.2) is 12.3 Å². The molecule has 6 nitrogen and oxygen atoms in total. The third-order valence-corrected chi connectivity index (χ3v) is 3.19. The number of aryl methyl sites for hydroxylation is 1. The van der Waals surface area contributed by atoms with E-state index in [-0.39, 0.29) is 5.92 Å². The summed E-state index contributed by atoms with van der Waals surface area (Å²) in [5.74, 6) is 3.57. The van der Waals surface area contributed by atoms with Crippen molar-refractivity contribution in [3.8, 4) is 0 Å². The Morgan fingerprint density at radius 1 is 1.10 bits per heavy atom. The normalized spacial score (nSPS) is 10.8. The summed E-state index contributed by atoms with van der Waals surface area (Å²) < 4.78 is 0. The van der Waals surface area contributed by atoms with E-state index < -0.39 is 0 Å². The maximum absolute atomic E-state index is 4.61. The fourth-order valence-electron chi connectivity index (χ4n) is 1.99. The predicted octanol–water partition coefficient (Wildman–Crippen LogP) is 2.66. The van der Waals surface area contributed by atoms with Gasteiger partial charge in [-0.05, 0) is 19.9 Å². The molecule has 0 saturated heterocycles. The van der Waals surface area contributed by atoms with Crippen LogP contribution in [0.3, 0.4) is 0 Å². The van der Waals surface area contributed by atoms with Gasteiger partial charge in [-0.15, -0.1) is 0 Å². The van der Waals surface area contributed by atoms with Crippen LogP contribution in [0, 0.1) is 13.8 Å². The van der Waals surface area contributed by atoms with Crippen LogP contribution in [0.25, 0.3) is 0 Å². The predicted molar refractivity (Wildman–Crippen MR) is 84.5 cm³/mol. The Labute approximate surface area is 125 Å². The highest BCUT2D eigenvalue weighted by Crippen LogP contribution is 2.23. The summed E-state index contributed by atoms with van der Waals surface area (Å²) in [6.07, 6.45) is 1.77. The molecule has 2 aromatic rings. The van der Waals surface area contributed by atoms with Gasteiger partial charge in [0, 0.05) is 24.7 Å². The summed E-state index contributed by atoms with van der Waals surface area (Å²) >= 11 is 0. The topological polar surface area (TPSA) is 75.6 Å². The average Bonchev–Trinajstić information content (AvgIpc) is 2.46. The highest BCUT2D eigenvalue weighted by Gasteiger charge is 2.12. The van der Waals surface area contributed by atoms with Crippen LogP contribution in [0.2, 0.25) is 0 Å². The standard InChI is InChI=1S/C15H22N6/c1-9(2)13-20-14(16-5)10(3)15(21-13)18-8-12-6-7-17-11(4)19-12/h6-7,9H,8H2,1-5H3,(H2,16,18,20,21). The second-order valence-electron chi connectivity index (χ2n) is 5.26. The molecule has 0 unspecified atom stereocenters. The largest absolute Gasteiger partial charge is 0.373 e. The molecule has 2 aromatic heterocycles. The Balaban J connectivity index is 2.24. The first-order chi connectivity index (χ1) is 10.0. The molecule has 0 aliphatic heterocycles. The van der Waals surface area contributed by atoms with Gasteiger partial charge in [0.25, 0.3) is 0 Å². The Bertz CT molecular complexity index is 624. The number of aromatic nitrogens is 4. The van der Waals surface area contributed by atoms with Gasteiger partial charge in [-0.25, -0.2) is 19.9 Å². The van der Waals surface area contributed by atoms with Crippen molar-refractivity contribution >= 4 is 11.6 Å². The Morgan fingerprint density at radius 3 is 2.43 bits per heavy atom. The van der Waals surface area contributed by atoms with Crippen molar-refractivity contribution in [2.24, 2.45) is 0 Å². The molecule has 0 aliphatic rings. The molecule has 0 spiro atoms. The van der Waals surface area contributed by atoms with E-state index in [9.17, 15) is 0 Å². The summed E-state index contributed by atoms with van der Waals surface area (Å²) in [5, 5.41) is 6.47. The minimum Gasteiger partial charge on any atom is -0.373 e. The van der Waals surface area contributed by atoms with Gasteiger partial charge in [0.05, 0.1) is 12.2 Å². The van der Waals surface area contributed by atoms with Crippen LogP contribution in [-0.2, 0) is 6.54 Å². The number of hydrogen-bond donors (Lipinski definition) is 2. The minimum atomic E-state index is 0.277. The van der Waals surface area contributed by atoms with E-state index in [1.54, 1.807) is 6.20 Å². The fourth-order valence-corrected chi connectivity index (χ4v) is 1.99. The fraction of sp³-hybridized carbons (Fsp3) is 0.467. The molecule has 6 heteroatoms. The molecule has 2 heterocycles. The van der Waals surface area contributed by atoms with E-state index in [1.165, 1.54) is 0 Å². The maximum atomic E-state index is 4.61. The second-order valence-corrected chi connectivity index (χ2v) is 5.26. The Morgan fingerprint density at radius 2 is 1.81 bits per heavy atom. The maximum Gasteiger partial charge on any atom is 0.135 e. The van der Waals surface area contributed by atoms with Crippen LogP contribution in [-0.4, -0.2) is 27.0 Å². The zero-order valence-corrected chi connectivity index (χ0v) is 13.2. The molecule has 2 rings (SSSR count). The molecule has 0 aromatic carbocycles. The van der Waals surface area contributed by atoms with Crippen LogP contribution in [0.1, 0.15) is 42.7 Å². The van der Waals surface area contributed by atoms with Crippen molar-refractivity contribution in [2.45, 2.75) is 40.2 Å². The zero-order chi connectivity index (χ0) is 15.4. The number of anilines is 2.